The van der Waals surface area contributed by atoms with Gasteiger partial charge in [0, 0.05) is 22.8 Å². The van der Waals surface area contributed by atoms with E-state index in [-0.39, 0.29) is 0 Å². The lowest BCUT2D eigenvalue weighted by Gasteiger charge is -2.12. The molecule has 0 aliphatic carbocycles. The van der Waals surface area contributed by atoms with Gasteiger partial charge in [-0.25, -0.2) is 0 Å². The van der Waals surface area contributed by atoms with E-state index < -0.39 is 0 Å². The van der Waals surface area contributed by atoms with E-state index in [9.17, 15) is 0 Å². The Morgan fingerprint density at radius 2 is 1.65 bits per heavy atom. The molecule has 0 saturated carbocycles. The zero-order valence-corrected chi connectivity index (χ0v) is 14.8. The molecule has 20 heavy (non-hydrogen) atoms. The maximum Gasteiger partial charge on any atom is 0.0674 e. The molecule has 2 rings (SSSR count). The smallest absolute Gasteiger partial charge is 0.0674 e. The molecule has 0 aliphatic heterocycles. The molecule has 2 heteroatoms. The Bertz CT molecular complexity index is 522. The summed E-state index contributed by atoms with van der Waals surface area (Å²) in [6.45, 7) is 19.0. The van der Waals surface area contributed by atoms with Crippen LogP contribution < -0.4 is 0 Å². The number of fused-ring (bicyclic) bond motifs is 1. The molecule has 0 amide bonds. The van der Waals surface area contributed by atoms with Crippen molar-refractivity contribution in [1.29, 1.82) is 0 Å². The molecule has 0 unspecified atom stereocenters. The molecular weight excluding hydrogens is 244 g/mol. The summed E-state index contributed by atoms with van der Waals surface area (Å²) < 4.78 is 2.37. The Hall–Kier alpha value is -1.31. The number of nitrogens with zero attached hydrogens (tertiary/aromatic N) is 2. The average Bonchev–Trinajstić information content (AvgIpc) is 2.74. The Morgan fingerprint density at radius 1 is 1.10 bits per heavy atom. The Balaban J connectivity index is 0.000000829. The second kappa shape index (κ2) is 8.78. The van der Waals surface area contributed by atoms with Crippen molar-refractivity contribution in [1.82, 2.24) is 9.55 Å². The van der Waals surface area contributed by atoms with E-state index in [2.05, 4.69) is 50.2 Å². The second-order valence-electron chi connectivity index (χ2n) is 4.72. The summed E-state index contributed by atoms with van der Waals surface area (Å²) in [4.78, 5) is 4.50. The molecule has 2 nitrogen and oxygen atoms in total. The van der Waals surface area contributed by atoms with Crippen LogP contribution in [0.3, 0.4) is 0 Å². The van der Waals surface area contributed by atoms with Crippen LogP contribution in [0, 0.1) is 13.8 Å². The van der Waals surface area contributed by atoms with Crippen molar-refractivity contribution in [3.63, 3.8) is 0 Å². The van der Waals surface area contributed by atoms with Crippen molar-refractivity contribution in [3.8, 4) is 0 Å². The lowest BCUT2D eigenvalue weighted by atomic mass is 10.1. The quantitative estimate of drug-likeness (QED) is 0.673. The zero-order chi connectivity index (χ0) is 15.9. The number of hydrogen-bond donors (Lipinski definition) is 0. The first-order valence-corrected chi connectivity index (χ1v) is 8.02. The molecule has 2 aromatic heterocycles. The fourth-order valence-corrected chi connectivity index (χ4v) is 2.40. The summed E-state index contributed by atoms with van der Waals surface area (Å²) in [5.74, 6) is 0. The van der Waals surface area contributed by atoms with Gasteiger partial charge < -0.3 is 4.57 Å². The lowest BCUT2D eigenvalue weighted by molar-refractivity contribution is 0.605. The number of rotatable bonds is 2. The van der Waals surface area contributed by atoms with E-state index in [1.54, 1.807) is 0 Å². The molecule has 0 atom stereocenters. The van der Waals surface area contributed by atoms with Crippen LogP contribution in [0.5, 0.6) is 0 Å². The lowest BCUT2D eigenvalue weighted by Crippen LogP contribution is -2.02. The Kier molecular flexibility index (Phi) is 8.21. The monoisotopic (exact) mass is 276 g/mol. The first kappa shape index (κ1) is 18.7. The van der Waals surface area contributed by atoms with Crippen molar-refractivity contribution in [2.45, 2.75) is 74.8 Å². The van der Waals surface area contributed by atoms with Gasteiger partial charge in [0.25, 0.3) is 0 Å². The van der Waals surface area contributed by atoms with Crippen LogP contribution in [0.2, 0.25) is 0 Å². The van der Waals surface area contributed by atoms with Gasteiger partial charge in [0.1, 0.15) is 0 Å². The van der Waals surface area contributed by atoms with Gasteiger partial charge in [-0.1, -0.05) is 34.6 Å². The van der Waals surface area contributed by atoms with Crippen molar-refractivity contribution >= 4 is 10.9 Å². The van der Waals surface area contributed by atoms with Crippen LogP contribution >= 0.6 is 0 Å². The molecule has 0 fully saturated rings. The van der Waals surface area contributed by atoms with Crippen LogP contribution in [0.1, 0.15) is 71.5 Å². The van der Waals surface area contributed by atoms with Gasteiger partial charge >= 0.3 is 0 Å². The number of hydrogen-bond acceptors (Lipinski definition) is 1. The molecule has 0 radical (unpaired) electrons. The molecule has 0 saturated heterocycles. The van der Waals surface area contributed by atoms with Crippen molar-refractivity contribution in [2.75, 3.05) is 0 Å². The largest absolute Gasteiger partial charge is 0.341 e. The molecule has 2 aromatic rings. The van der Waals surface area contributed by atoms with Gasteiger partial charge in [-0.2, -0.15) is 0 Å². The van der Waals surface area contributed by atoms with Crippen molar-refractivity contribution in [3.05, 3.63) is 29.2 Å². The highest BCUT2D eigenvalue weighted by molar-refractivity contribution is 5.85. The molecule has 0 spiro atoms. The third-order valence-corrected chi connectivity index (χ3v) is 3.39. The molecule has 0 N–H and O–H groups in total. The first-order valence-electron chi connectivity index (χ1n) is 8.02. The summed E-state index contributed by atoms with van der Waals surface area (Å²) in [5.41, 5.74) is 5.19. The van der Waals surface area contributed by atoms with E-state index in [0.29, 0.717) is 6.04 Å². The molecule has 114 valence electrons. The van der Waals surface area contributed by atoms with Gasteiger partial charge in [0.15, 0.2) is 0 Å². The maximum absolute atomic E-state index is 4.50. The molecular formula is C18H32N2. The summed E-state index contributed by atoms with van der Waals surface area (Å²) in [7, 11) is 0. The highest BCUT2D eigenvalue weighted by atomic mass is 15.0. The predicted molar refractivity (Wildman–Crippen MR) is 91.7 cm³/mol. The van der Waals surface area contributed by atoms with Gasteiger partial charge in [-0.05, 0) is 45.7 Å². The third kappa shape index (κ3) is 3.62. The van der Waals surface area contributed by atoms with Gasteiger partial charge in [0.05, 0.1) is 11.7 Å². The summed E-state index contributed by atoms with van der Waals surface area (Å²) in [6, 6.07) is 2.72. The summed E-state index contributed by atoms with van der Waals surface area (Å²) >= 11 is 0. The molecule has 0 aromatic carbocycles. The standard InChI is InChI=1S/C14H20N2.2C2H6/c1-6-12-7-13-10(4)11(5)16(9(2)3)14(13)8-15-12;2*1-2/h7-9H,6H2,1-5H3;2*1-2H3. The van der Waals surface area contributed by atoms with Gasteiger partial charge in [0.2, 0.25) is 0 Å². The maximum atomic E-state index is 4.50. The molecule has 2 heterocycles. The minimum absolute atomic E-state index is 0.491. The first-order chi connectivity index (χ1) is 9.56. The minimum Gasteiger partial charge on any atom is -0.341 e. The normalized spacial score (nSPS) is 9.90. The minimum atomic E-state index is 0.491. The average molecular weight is 276 g/mol. The second-order valence-corrected chi connectivity index (χ2v) is 4.72. The van der Waals surface area contributed by atoms with E-state index in [4.69, 9.17) is 0 Å². The Labute approximate surface area is 125 Å². The zero-order valence-electron chi connectivity index (χ0n) is 14.8. The van der Waals surface area contributed by atoms with Crippen LogP contribution in [0.4, 0.5) is 0 Å². The number of aryl methyl sites for hydroxylation is 2. The topological polar surface area (TPSA) is 17.8 Å². The van der Waals surface area contributed by atoms with Gasteiger partial charge in [-0.15, -0.1) is 0 Å². The highest BCUT2D eigenvalue weighted by Gasteiger charge is 2.13. The number of pyridine rings is 1. The van der Waals surface area contributed by atoms with Crippen LogP contribution in [0.25, 0.3) is 10.9 Å². The van der Waals surface area contributed by atoms with E-state index in [1.165, 1.54) is 27.9 Å². The van der Waals surface area contributed by atoms with E-state index in [0.717, 1.165) is 6.42 Å². The summed E-state index contributed by atoms with van der Waals surface area (Å²) in [5, 5.41) is 1.36. The SMILES string of the molecule is CC.CC.CCc1cc2c(C)c(C)n(C(C)C)c2cn1. The number of aromatic nitrogens is 2. The fourth-order valence-electron chi connectivity index (χ4n) is 2.40. The van der Waals surface area contributed by atoms with Crippen molar-refractivity contribution < 1.29 is 0 Å². The molecule has 0 aliphatic rings. The Morgan fingerprint density at radius 3 is 2.10 bits per heavy atom. The fraction of sp³-hybridized carbons (Fsp3) is 0.611. The van der Waals surface area contributed by atoms with Crippen LogP contribution in [0.15, 0.2) is 12.3 Å². The van der Waals surface area contributed by atoms with Crippen LogP contribution in [-0.4, -0.2) is 9.55 Å². The van der Waals surface area contributed by atoms with E-state index in [1.807, 2.05) is 33.9 Å². The van der Waals surface area contributed by atoms with E-state index >= 15 is 0 Å². The van der Waals surface area contributed by atoms with Gasteiger partial charge in [-0.3, -0.25) is 4.98 Å². The third-order valence-electron chi connectivity index (χ3n) is 3.39. The predicted octanol–water partition coefficient (Wildman–Crippen LogP) is 5.85. The van der Waals surface area contributed by atoms with Crippen molar-refractivity contribution in [2.24, 2.45) is 0 Å². The summed E-state index contributed by atoms with van der Waals surface area (Å²) in [6.07, 6.45) is 3.02. The van der Waals surface area contributed by atoms with Crippen LogP contribution in [-0.2, 0) is 6.42 Å². The highest BCUT2D eigenvalue weighted by Crippen LogP contribution is 2.28. The molecule has 0 bridgehead atoms.